The van der Waals surface area contributed by atoms with Crippen LogP contribution < -0.4 is 20.7 Å². The van der Waals surface area contributed by atoms with Crippen LogP contribution in [0.5, 0.6) is 11.5 Å². The molecule has 4 rings (SSSR count). The molecule has 0 aliphatic carbocycles. The summed E-state index contributed by atoms with van der Waals surface area (Å²) in [5, 5.41) is 8.02. The number of hydrogen-bond acceptors (Lipinski definition) is 5. The molecule has 1 aromatic heterocycles. The number of nitrogens with zero attached hydrogens (tertiary/aromatic N) is 1. The highest BCUT2D eigenvalue weighted by molar-refractivity contribution is 5.67. The molecule has 0 bridgehead atoms. The van der Waals surface area contributed by atoms with E-state index in [9.17, 15) is 22.0 Å². The molecule has 1 aliphatic rings. The summed E-state index contributed by atoms with van der Waals surface area (Å²) in [5.41, 5.74) is 1.86. The average molecular weight is 488 g/mol. The van der Waals surface area contributed by atoms with E-state index in [0.29, 0.717) is 28.5 Å². The first-order valence-corrected chi connectivity index (χ1v) is 10.5. The first-order chi connectivity index (χ1) is 16.6. The zero-order valence-corrected chi connectivity index (χ0v) is 18.5. The van der Waals surface area contributed by atoms with Gasteiger partial charge in [-0.1, -0.05) is 18.7 Å². The van der Waals surface area contributed by atoms with Crippen molar-refractivity contribution in [3.8, 4) is 11.5 Å². The zero-order valence-electron chi connectivity index (χ0n) is 18.5. The zero-order chi connectivity index (χ0) is 25.2. The van der Waals surface area contributed by atoms with E-state index in [1.165, 1.54) is 24.4 Å². The van der Waals surface area contributed by atoms with Crippen molar-refractivity contribution in [2.75, 3.05) is 0 Å². The average Bonchev–Trinajstić information content (AvgIpc) is 3.30. The number of ether oxygens (including phenoxy) is 1. The maximum atomic E-state index is 13.4. The number of nitrogens with one attached hydrogen (secondary N) is 3. The fraction of sp³-hybridized carbons (Fsp3) is 0.160. The lowest BCUT2D eigenvalue weighted by Gasteiger charge is -2.17. The molecule has 2 heterocycles. The van der Waals surface area contributed by atoms with Crippen LogP contribution in [-0.4, -0.2) is 11.2 Å². The Kier molecular flexibility index (Phi) is 6.63. The lowest BCUT2D eigenvalue weighted by Crippen LogP contribution is -2.28. The van der Waals surface area contributed by atoms with Gasteiger partial charge in [0.2, 0.25) is 0 Å². The van der Waals surface area contributed by atoms with Gasteiger partial charge in [-0.25, -0.2) is 8.78 Å². The van der Waals surface area contributed by atoms with Gasteiger partial charge < -0.3 is 20.7 Å². The lowest BCUT2D eigenvalue weighted by atomic mass is 10.0. The van der Waals surface area contributed by atoms with Crippen LogP contribution >= 0.6 is 0 Å². The Morgan fingerprint density at radius 3 is 2.54 bits per heavy atom. The molecule has 3 aromatic rings. The molecule has 0 saturated heterocycles. The topological polar surface area (TPSA) is 58.2 Å². The van der Waals surface area contributed by atoms with Crippen molar-refractivity contribution in [1.82, 2.24) is 20.9 Å². The standard InChI is InChI=1S/C25H21F5N4O/c1-14-20(15(2)32-12-16-8-17(26)10-18(27)9-16)4-3-5-22(14)35-19-6-7-31-21(11-19)24-33-13-23(34-24)25(28,29)30/h3-11,13,24,32-34H,2,12H2,1H3. The number of pyridine rings is 1. The van der Waals surface area contributed by atoms with Gasteiger partial charge in [0, 0.05) is 47.9 Å². The number of halogens is 5. The van der Waals surface area contributed by atoms with Crippen LogP contribution in [-0.2, 0) is 6.54 Å². The van der Waals surface area contributed by atoms with Crippen LogP contribution in [0.4, 0.5) is 22.0 Å². The monoisotopic (exact) mass is 488 g/mol. The Balaban J connectivity index is 1.45. The third kappa shape index (κ3) is 5.71. The number of rotatable bonds is 7. The van der Waals surface area contributed by atoms with E-state index in [4.69, 9.17) is 4.74 Å². The molecular formula is C25H21F5N4O. The molecule has 1 atom stereocenters. The summed E-state index contributed by atoms with van der Waals surface area (Å²) in [6.45, 7) is 6.00. The first kappa shape index (κ1) is 24.1. The summed E-state index contributed by atoms with van der Waals surface area (Å²) in [6, 6.07) is 11.7. The summed E-state index contributed by atoms with van der Waals surface area (Å²) in [4.78, 5) is 4.13. The van der Waals surface area contributed by atoms with Crippen LogP contribution in [0.25, 0.3) is 5.70 Å². The maximum absolute atomic E-state index is 13.4. The molecular weight excluding hydrogens is 467 g/mol. The Morgan fingerprint density at radius 2 is 1.86 bits per heavy atom. The van der Waals surface area contributed by atoms with E-state index in [-0.39, 0.29) is 6.54 Å². The largest absolute Gasteiger partial charge is 0.457 e. The Morgan fingerprint density at radius 1 is 1.11 bits per heavy atom. The second kappa shape index (κ2) is 9.65. The van der Waals surface area contributed by atoms with Gasteiger partial charge in [-0.3, -0.25) is 4.98 Å². The van der Waals surface area contributed by atoms with E-state index in [0.717, 1.165) is 23.4 Å². The van der Waals surface area contributed by atoms with Crippen molar-refractivity contribution in [3.63, 3.8) is 0 Å². The molecule has 0 spiro atoms. The predicted molar refractivity (Wildman–Crippen MR) is 121 cm³/mol. The van der Waals surface area contributed by atoms with Gasteiger partial charge in [-0.15, -0.1) is 0 Å². The first-order valence-electron chi connectivity index (χ1n) is 10.5. The second-order valence-electron chi connectivity index (χ2n) is 7.86. The van der Waals surface area contributed by atoms with E-state index in [1.54, 1.807) is 18.2 Å². The van der Waals surface area contributed by atoms with Crippen LogP contribution in [0.2, 0.25) is 0 Å². The summed E-state index contributed by atoms with van der Waals surface area (Å²) in [7, 11) is 0. The molecule has 0 fully saturated rings. The third-order valence-electron chi connectivity index (χ3n) is 5.31. The predicted octanol–water partition coefficient (Wildman–Crippen LogP) is 5.82. The quantitative estimate of drug-likeness (QED) is 0.366. The Labute approximate surface area is 198 Å². The molecule has 1 unspecified atom stereocenters. The Bertz CT molecular complexity index is 1270. The molecule has 0 amide bonds. The van der Waals surface area contributed by atoms with Gasteiger partial charge in [-0.05, 0) is 36.8 Å². The summed E-state index contributed by atoms with van der Waals surface area (Å²) < 4.78 is 71.5. The van der Waals surface area contributed by atoms with Crippen LogP contribution in [0.3, 0.4) is 0 Å². The van der Waals surface area contributed by atoms with Crippen molar-refractivity contribution in [3.05, 3.63) is 107 Å². The second-order valence-corrected chi connectivity index (χ2v) is 7.86. The number of allylic oxidation sites excluding steroid dienone is 1. The van der Waals surface area contributed by atoms with Gasteiger partial charge >= 0.3 is 6.18 Å². The van der Waals surface area contributed by atoms with E-state index < -0.39 is 29.7 Å². The molecule has 0 saturated carbocycles. The SMILES string of the molecule is C=C(NCc1cc(F)cc(F)c1)c1cccc(Oc2ccnc(C3NC=C(C(F)(F)F)N3)c2)c1C. The van der Waals surface area contributed by atoms with Gasteiger partial charge in [-0.2, -0.15) is 13.2 Å². The minimum Gasteiger partial charge on any atom is -0.457 e. The highest BCUT2D eigenvalue weighted by atomic mass is 19.4. The fourth-order valence-electron chi connectivity index (χ4n) is 3.57. The number of hydrogen-bond donors (Lipinski definition) is 3. The highest BCUT2D eigenvalue weighted by Gasteiger charge is 2.38. The summed E-state index contributed by atoms with van der Waals surface area (Å²) in [6.07, 6.45) is -3.03. The van der Waals surface area contributed by atoms with Gasteiger partial charge in [0.15, 0.2) is 0 Å². The van der Waals surface area contributed by atoms with Crippen LogP contribution in [0, 0.1) is 18.6 Å². The molecule has 5 nitrogen and oxygen atoms in total. The van der Waals surface area contributed by atoms with E-state index >= 15 is 0 Å². The number of alkyl halides is 3. The van der Waals surface area contributed by atoms with Crippen molar-refractivity contribution in [2.24, 2.45) is 0 Å². The van der Waals surface area contributed by atoms with Gasteiger partial charge in [0.1, 0.15) is 35.0 Å². The highest BCUT2D eigenvalue weighted by Crippen LogP contribution is 2.32. The fourth-order valence-corrected chi connectivity index (χ4v) is 3.57. The lowest BCUT2D eigenvalue weighted by molar-refractivity contribution is -0.0963. The number of aromatic nitrogens is 1. The molecule has 182 valence electrons. The molecule has 0 radical (unpaired) electrons. The van der Waals surface area contributed by atoms with Crippen molar-refractivity contribution in [1.29, 1.82) is 0 Å². The molecule has 1 aliphatic heterocycles. The van der Waals surface area contributed by atoms with E-state index in [2.05, 4.69) is 27.5 Å². The van der Waals surface area contributed by atoms with Crippen molar-refractivity contribution in [2.45, 2.75) is 25.8 Å². The molecule has 35 heavy (non-hydrogen) atoms. The number of benzene rings is 2. The minimum atomic E-state index is -4.49. The van der Waals surface area contributed by atoms with Gasteiger partial charge in [0.25, 0.3) is 0 Å². The van der Waals surface area contributed by atoms with Crippen LogP contribution in [0.1, 0.15) is 28.6 Å². The third-order valence-corrected chi connectivity index (χ3v) is 5.31. The van der Waals surface area contributed by atoms with Crippen LogP contribution in [0.15, 0.2) is 73.2 Å². The Hall–Kier alpha value is -4.08. The molecule has 10 heteroatoms. The summed E-state index contributed by atoms with van der Waals surface area (Å²) >= 11 is 0. The van der Waals surface area contributed by atoms with Crippen molar-refractivity contribution < 1.29 is 26.7 Å². The normalized spacial score (nSPS) is 15.1. The molecule has 2 aromatic carbocycles. The summed E-state index contributed by atoms with van der Waals surface area (Å²) in [5.74, 6) is -0.442. The molecule has 3 N–H and O–H groups in total. The maximum Gasteiger partial charge on any atom is 0.432 e. The smallest absolute Gasteiger partial charge is 0.432 e. The van der Waals surface area contributed by atoms with Crippen molar-refractivity contribution >= 4 is 5.70 Å². The van der Waals surface area contributed by atoms with Gasteiger partial charge in [0.05, 0.1) is 5.69 Å². The minimum absolute atomic E-state index is 0.168. The van der Waals surface area contributed by atoms with E-state index in [1.807, 2.05) is 13.0 Å².